The summed E-state index contributed by atoms with van der Waals surface area (Å²) in [5, 5.41) is 9.06. The molecule has 4 nitrogen and oxygen atoms in total. The van der Waals surface area contributed by atoms with E-state index in [0.717, 1.165) is 19.3 Å². The van der Waals surface area contributed by atoms with Crippen molar-refractivity contribution < 1.29 is 14.7 Å². The Morgan fingerprint density at radius 2 is 1.90 bits per heavy atom. The van der Waals surface area contributed by atoms with Gasteiger partial charge in [-0.2, -0.15) is 0 Å². The van der Waals surface area contributed by atoms with Crippen LogP contribution in [0.4, 0.5) is 0 Å². The summed E-state index contributed by atoms with van der Waals surface area (Å²) in [5.74, 6) is 0.442. The summed E-state index contributed by atoms with van der Waals surface area (Å²) >= 11 is 0. The SMILES string of the molecule is C=CCN(CC(=O)O)C(=O)C12CC3CC(CC(C)(C3)C1)C2. The maximum Gasteiger partial charge on any atom is 0.323 e. The van der Waals surface area contributed by atoms with E-state index >= 15 is 0 Å². The number of hydrogen-bond donors (Lipinski definition) is 1. The number of carbonyl (C=O) groups excluding carboxylic acids is 1. The van der Waals surface area contributed by atoms with Gasteiger partial charge in [0.05, 0.1) is 5.41 Å². The second kappa shape index (κ2) is 4.85. The second-order valence-electron chi connectivity index (χ2n) is 7.92. The zero-order valence-electron chi connectivity index (χ0n) is 12.8. The van der Waals surface area contributed by atoms with Gasteiger partial charge in [0.2, 0.25) is 5.91 Å². The zero-order valence-corrected chi connectivity index (χ0v) is 12.8. The highest BCUT2D eigenvalue weighted by atomic mass is 16.4. The average Bonchev–Trinajstić information content (AvgIpc) is 2.33. The first-order valence-corrected chi connectivity index (χ1v) is 7.98. The lowest BCUT2D eigenvalue weighted by atomic mass is 9.44. The van der Waals surface area contributed by atoms with Crippen molar-refractivity contribution in [2.24, 2.45) is 22.7 Å². The molecule has 0 radical (unpaired) electrons. The first-order valence-electron chi connectivity index (χ1n) is 7.98. The van der Waals surface area contributed by atoms with E-state index in [1.807, 2.05) is 0 Å². The van der Waals surface area contributed by atoms with Crippen LogP contribution in [0.25, 0.3) is 0 Å². The molecule has 4 rings (SSSR count). The predicted molar refractivity (Wildman–Crippen MR) is 79.6 cm³/mol. The number of amides is 1. The van der Waals surface area contributed by atoms with Crippen LogP contribution >= 0.6 is 0 Å². The quantitative estimate of drug-likeness (QED) is 0.792. The van der Waals surface area contributed by atoms with Crippen LogP contribution in [0.3, 0.4) is 0 Å². The fraction of sp³-hybridized carbons (Fsp3) is 0.765. The monoisotopic (exact) mass is 291 g/mol. The molecular formula is C17H25NO3. The Balaban J connectivity index is 1.85. The average molecular weight is 291 g/mol. The standard InChI is InChI=1S/C17H25NO3/c1-3-4-18(10-14(19)20)15(21)17-8-12-5-13(9-17)7-16(2,6-12)11-17/h3,12-13H,1,4-11H2,2H3,(H,19,20). The van der Waals surface area contributed by atoms with Crippen LogP contribution in [0.2, 0.25) is 0 Å². The van der Waals surface area contributed by atoms with Crippen molar-refractivity contribution in [3.05, 3.63) is 12.7 Å². The maximum atomic E-state index is 13.1. The van der Waals surface area contributed by atoms with E-state index in [4.69, 9.17) is 5.11 Å². The molecule has 4 heteroatoms. The Kier molecular flexibility index (Phi) is 3.38. The number of carboxylic acids is 1. The first-order chi connectivity index (χ1) is 9.86. The van der Waals surface area contributed by atoms with E-state index in [1.165, 1.54) is 24.2 Å². The van der Waals surface area contributed by atoms with Gasteiger partial charge in [-0.15, -0.1) is 6.58 Å². The van der Waals surface area contributed by atoms with E-state index < -0.39 is 5.97 Å². The van der Waals surface area contributed by atoms with Gasteiger partial charge in [-0.05, 0) is 55.8 Å². The van der Waals surface area contributed by atoms with Crippen LogP contribution < -0.4 is 0 Å². The normalized spacial score (nSPS) is 40.0. The highest BCUT2D eigenvalue weighted by Gasteiger charge is 2.59. The van der Waals surface area contributed by atoms with Crippen molar-refractivity contribution in [1.29, 1.82) is 0 Å². The van der Waals surface area contributed by atoms with Crippen LogP contribution in [0.1, 0.15) is 45.4 Å². The third-order valence-corrected chi connectivity index (χ3v) is 5.77. The number of hydrogen-bond acceptors (Lipinski definition) is 2. The summed E-state index contributed by atoms with van der Waals surface area (Å²) in [4.78, 5) is 25.6. The van der Waals surface area contributed by atoms with Gasteiger partial charge in [0, 0.05) is 6.54 Å². The van der Waals surface area contributed by atoms with Crippen molar-refractivity contribution in [3.8, 4) is 0 Å². The molecule has 0 spiro atoms. The van der Waals surface area contributed by atoms with Gasteiger partial charge < -0.3 is 10.0 Å². The lowest BCUT2D eigenvalue weighted by molar-refractivity contribution is -0.168. The molecule has 0 saturated heterocycles. The number of rotatable bonds is 5. The van der Waals surface area contributed by atoms with E-state index in [0.29, 0.717) is 23.8 Å². The maximum absolute atomic E-state index is 13.1. The fourth-order valence-electron chi connectivity index (χ4n) is 5.84. The summed E-state index contributed by atoms with van der Waals surface area (Å²) in [5.41, 5.74) is 0.000108. The molecule has 4 aliphatic rings. The van der Waals surface area contributed by atoms with Crippen molar-refractivity contribution in [3.63, 3.8) is 0 Å². The molecule has 2 atom stereocenters. The molecule has 0 aromatic rings. The molecule has 0 aliphatic heterocycles. The second-order valence-corrected chi connectivity index (χ2v) is 7.92. The fourth-order valence-corrected chi connectivity index (χ4v) is 5.84. The molecule has 4 saturated carbocycles. The van der Waals surface area contributed by atoms with Gasteiger partial charge >= 0.3 is 5.97 Å². The molecule has 0 aromatic heterocycles. The molecule has 116 valence electrons. The minimum absolute atomic E-state index is 0.0603. The Morgan fingerprint density at radius 1 is 1.29 bits per heavy atom. The van der Waals surface area contributed by atoms with Crippen molar-refractivity contribution in [2.45, 2.75) is 45.4 Å². The Bertz CT molecular complexity index is 470. The number of carboxylic acid groups (broad SMARTS) is 1. The van der Waals surface area contributed by atoms with E-state index in [2.05, 4.69) is 13.5 Å². The molecule has 4 aliphatic carbocycles. The minimum atomic E-state index is -0.943. The van der Waals surface area contributed by atoms with E-state index in [9.17, 15) is 9.59 Å². The largest absolute Gasteiger partial charge is 0.480 e. The first kappa shape index (κ1) is 14.6. The van der Waals surface area contributed by atoms with Crippen LogP contribution in [0.5, 0.6) is 0 Å². The van der Waals surface area contributed by atoms with Crippen LogP contribution in [0.15, 0.2) is 12.7 Å². The number of carbonyl (C=O) groups is 2. The van der Waals surface area contributed by atoms with Gasteiger partial charge in [-0.1, -0.05) is 13.0 Å². The zero-order chi connectivity index (χ0) is 15.3. The van der Waals surface area contributed by atoms with Crippen molar-refractivity contribution in [2.75, 3.05) is 13.1 Å². The predicted octanol–water partition coefficient (Wildman–Crippen LogP) is 2.69. The highest BCUT2D eigenvalue weighted by Crippen LogP contribution is 2.65. The summed E-state index contributed by atoms with van der Waals surface area (Å²) in [6, 6.07) is 0. The van der Waals surface area contributed by atoms with Crippen LogP contribution in [0, 0.1) is 22.7 Å². The molecule has 4 bridgehead atoms. The smallest absolute Gasteiger partial charge is 0.323 e. The Morgan fingerprint density at radius 3 is 2.38 bits per heavy atom. The minimum Gasteiger partial charge on any atom is -0.480 e. The molecule has 1 N–H and O–H groups in total. The number of nitrogens with zero attached hydrogens (tertiary/aromatic N) is 1. The third-order valence-electron chi connectivity index (χ3n) is 5.77. The molecule has 21 heavy (non-hydrogen) atoms. The third kappa shape index (κ3) is 2.49. The van der Waals surface area contributed by atoms with Gasteiger partial charge in [0.1, 0.15) is 6.54 Å². The van der Waals surface area contributed by atoms with Gasteiger partial charge in [-0.3, -0.25) is 9.59 Å². The van der Waals surface area contributed by atoms with Crippen molar-refractivity contribution in [1.82, 2.24) is 4.90 Å². The Hall–Kier alpha value is -1.32. The molecule has 0 aromatic carbocycles. The van der Waals surface area contributed by atoms with E-state index in [-0.39, 0.29) is 17.9 Å². The summed E-state index contributed by atoms with van der Waals surface area (Å²) in [6.07, 6.45) is 8.27. The summed E-state index contributed by atoms with van der Waals surface area (Å²) < 4.78 is 0. The van der Waals surface area contributed by atoms with Crippen molar-refractivity contribution >= 4 is 11.9 Å². The molecule has 0 heterocycles. The Labute approximate surface area is 126 Å². The topological polar surface area (TPSA) is 57.6 Å². The highest BCUT2D eigenvalue weighted by molar-refractivity contribution is 5.86. The van der Waals surface area contributed by atoms with E-state index in [1.54, 1.807) is 6.08 Å². The molecular weight excluding hydrogens is 266 g/mol. The lowest BCUT2D eigenvalue weighted by Crippen LogP contribution is -2.58. The molecule has 4 fully saturated rings. The summed E-state index contributed by atoms with van der Waals surface area (Å²) in [7, 11) is 0. The molecule has 1 amide bonds. The van der Waals surface area contributed by atoms with Crippen LogP contribution in [-0.4, -0.2) is 35.0 Å². The molecule has 2 unspecified atom stereocenters. The van der Waals surface area contributed by atoms with Gasteiger partial charge in [0.15, 0.2) is 0 Å². The summed E-state index contributed by atoms with van der Waals surface area (Å²) in [6.45, 7) is 6.11. The van der Waals surface area contributed by atoms with Crippen LogP contribution in [-0.2, 0) is 9.59 Å². The van der Waals surface area contributed by atoms with Gasteiger partial charge in [-0.25, -0.2) is 0 Å². The van der Waals surface area contributed by atoms with Gasteiger partial charge in [0.25, 0.3) is 0 Å². The lowest BCUT2D eigenvalue weighted by Gasteiger charge is -2.61. The number of aliphatic carboxylic acids is 1.